The molecule has 0 aliphatic rings. The van der Waals surface area contributed by atoms with Crippen LogP contribution in [0.1, 0.15) is 303 Å². The molecule has 0 radical (unpaired) electrons. The van der Waals surface area contributed by atoms with E-state index in [1.54, 1.807) is 0 Å². The van der Waals surface area contributed by atoms with E-state index in [0.29, 0.717) is 23.9 Å². The zero-order chi connectivity index (χ0) is 49.2. The summed E-state index contributed by atoms with van der Waals surface area (Å²) in [4.78, 5) is 23.3. The average Bonchev–Trinajstić information content (AvgIpc) is 3.29. The number of carbonyl (C=O) groups is 1. The number of quaternary nitrogens is 1. The lowest BCUT2D eigenvalue weighted by atomic mass is 10.0. The Hall–Kier alpha value is -0.760. The molecule has 0 aromatic heterocycles. The maximum atomic E-state index is 13.0. The fraction of sp³-hybridized carbons (Fsp3) is 0.948. The van der Waals surface area contributed by atoms with Crippen molar-refractivity contribution in [1.29, 1.82) is 0 Å². The molecule has 3 N–H and O–H groups in total. The standard InChI is InChI=1S/C58H117N2O6P/c1-6-8-10-12-14-16-18-20-22-24-26-28-29-30-31-32-34-36-38-40-42-44-46-48-50-52-58(62)59-56(55-66-67(63,64)65-54-53-60(3,4)5)57(61)51-49-47-45-43-41-39-37-35-33-27-25-23-21-19-17-15-13-11-9-7-2/h30-31,56-57,61H,6-29,32-55H2,1-5H3,(H-,59,62,63,64)/p+1/b31-30-. The van der Waals surface area contributed by atoms with Gasteiger partial charge < -0.3 is 19.8 Å². The lowest BCUT2D eigenvalue weighted by Gasteiger charge is -2.26. The van der Waals surface area contributed by atoms with E-state index in [9.17, 15) is 19.4 Å². The van der Waals surface area contributed by atoms with Gasteiger partial charge in [-0.15, -0.1) is 0 Å². The Labute approximate surface area is 418 Å². The summed E-state index contributed by atoms with van der Waals surface area (Å²) in [6.07, 6.45) is 61.2. The van der Waals surface area contributed by atoms with E-state index in [1.165, 1.54) is 238 Å². The Morgan fingerprint density at radius 2 is 0.806 bits per heavy atom. The zero-order valence-electron chi connectivity index (χ0n) is 45.7. The number of aliphatic hydroxyl groups excluding tert-OH is 1. The summed E-state index contributed by atoms with van der Waals surface area (Å²) in [7, 11) is 1.63. The molecule has 0 heterocycles. The smallest absolute Gasteiger partial charge is 0.391 e. The van der Waals surface area contributed by atoms with Crippen molar-refractivity contribution in [2.45, 2.75) is 315 Å². The summed E-state index contributed by atoms with van der Waals surface area (Å²) in [5.41, 5.74) is 0. The van der Waals surface area contributed by atoms with E-state index < -0.39 is 20.0 Å². The first-order valence-corrected chi connectivity index (χ1v) is 31.0. The first kappa shape index (κ1) is 66.2. The van der Waals surface area contributed by atoms with Gasteiger partial charge in [0.25, 0.3) is 0 Å². The van der Waals surface area contributed by atoms with Crippen molar-refractivity contribution in [3.63, 3.8) is 0 Å². The summed E-state index contributed by atoms with van der Waals surface area (Å²) in [5, 5.41) is 14.1. The first-order valence-electron chi connectivity index (χ1n) is 29.6. The summed E-state index contributed by atoms with van der Waals surface area (Å²) in [5.74, 6) is -0.141. The molecule has 0 spiro atoms. The minimum Gasteiger partial charge on any atom is -0.391 e. The molecule has 400 valence electrons. The zero-order valence-corrected chi connectivity index (χ0v) is 46.6. The van der Waals surface area contributed by atoms with Gasteiger partial charge in [-0.25, -0.2) is 4.57 Å². The number of aliphatic hydroxyl groups is 1. The van der Waals surface area contributed by atoms with Gasteiger partial charge >= 0.3 is 7.82 Å². The summed E-state index contributed by atoms with van der Waals surface area (Å²) < 4.78 is 23.8. The molecule has 0 bridgehead atoms. The Balaban J connectivity index is 4.13. The third-order valence-electron chi connectivity index (χ3n) is 13.8. The SMILES string of the molecule is CCCCCCCCCCCCCC/C=C\CCCCCCCCCCCC(=O)NC(COP(=O)(O)OCC[N+](C)(C)C)C(O)CCCCCCCCCCCCCCCCCCCCCC. The molecule has 67 heavy (non-hydrogen) atoms. The third kappa shape index (κ3) is 52.9. The van der Waals surface area contributed by atoms with Crippen LogP contribution in [0, 0.1) is 0 Å². The topological polar surface area (TPSA) is 105 Å². The summed E-state index contributed by atoms with van der Waals surface area (Å²) in [6.45, 7) is 4.94. The van der Waals surface area contributed by atoms with Gasteiger partial charge in [-0.05, 0) is 38.5 Å². The van der Waals surface area contributed by atoms with Gasteiger partial charge in [-0.3, -0.25) is 13.8 Å². The van der Waals surface area contributed by atoms with Crippen molar-refractivity contribution in [3.05, 3.63) is 12.2 Å². The van der Waals surface area contributed by atoms with Crippen LogP contribution in [0.4, 0.5) is 0 Å². The van der Waals surface area contributed by atoms with Crippen molar-refractivity contribution >= 4 is 13.7 Å². The van der Waals surface area contributed by atoms with Crippen LogP contribution in [-0.2, 0) is 18.4 Å². The van der Waals surface area contributed by atoms with Crippen molar-refractivity contribution in [2.24, 2.45) is 0 Å². The number of amides is 1. The van der Waals surface area contributed by atoms with Gasteiger partial charge in [0.1, 0.15) is 13.2 Å². The second-order valence-corrected chi connectivity index (χ2v) is 23.2. The molecule has 0 aromatic rings. The fourth-order valence-corrected chi connectivity index (χ4v) is 9.84. The van der Waals surface area contributed by atoms with Crippen LogP contribution in [0.15, 0.2) is 12.2 Å². The van der Waals surface area contributed by atoms with Crippen LogP contribution >= 0.6 is 7.82 Å². The van der Waals surface area contributed by atoms with Crippen molar-refractivity contribution < 1.29 is 32.9 Å². The monoisotopic (exact) mass is 970 g/mol. The number of hydrogen-bond donors (Lipinski definition) is 3. The number of carbonyl (C=O) groups excluding carboxylic acids is 1. The van der Waals surface area contributed by atoms with Gasteiger partial charge in [-0.1, -0.05) is 270 Å². The number of phosphoric acid groups is 1. The maximum absolute atomic E-state index is 13.0. The Morgan fingerprint density at radius 1 is 0.493 bits per heavy atom. The average molecular weight is 971 g/mol. The van der Waals surface area contributed by atoms with Crippen molar-refractivity contribution in [3.8, 4) is 0 Å². The largest absolute Gasteiger partial charge is 0.472 e. The van der Waals surface area contributed by atoms with E-state index in [4.69, 9.17) is 9.05 Å². The van der Waals surface area contributed by atoms with E-state index in [-0.39, 0.29) is 19.1 Å². The molecule has 9 heteroatoms. The number of unbranched alkanes of at least 4 members (excludes halogenated alkanes) is 40. The molecule has 0 fully saturated rings. The van der Waals surface area contributed by atoms with Crippen LogP contribution in [-0.4, -0.2) is 73.4 Å². The van der Waals surface area contributed by atoms with Crippen LogP contribution in [0.5, 0.6) is 0 Å². The highest BCUT2D eigenvalue weighted by Gasteiger charge is 2.28. The number of allylic oxidation sites excluding steroid dienone is 2. The third-order valence-corrected chi connectivity index (χ3v) is 14.7. The Kier molecular flexibility index (Phi) is 49.6. The second-order valence-electron chi connectivity index (χ2n) is 21.7. The van der Waals surface area contributed by atoms with Crippen molar-refractivity contribution in [2.75, 3.05) is 40.9 Å². The van der Waals surface area contributed by atoms with Gasteiger partial charge in [0.05, 0.1) is 39.9 Å². The lowest BCUT2D eigenvalue weighted by molar-refractivity contribution is -0.870. The normalized spacial score (nSPS) is 14.0. The highest BCUT2D eigenvalue weighted by atomic mass is 31.2. The van der Waals surface area contributed by atoms with Gasteiger partial charge in [0, 0.05) is 6.42 Å². The molecule has 0 aliphatic heterocycles. The molecule has 0 saturated heterocycles. The summed E-state index contributed by atoms with van der Waals surface area (Å²) >= 11 is 0. The lowest BCUT2D eigenvalue weighted by Crippen LogP contribution is -2.46. The number of nitrogens with zero attached hydrogens (tertiary/aromatic N) is 1. The van der Waals surface area contributed by atoms with Crippen molar-refractivity contribution in [1.82, 2.24) is 5.32 Å². The molecular weight excluding hydrogens is 852 g/mol. The minimum atomic E-state index is -4.32. The molecule has 1 amide bonds. The molecule has 0 saturated carbocycles. The molecule has 3 atom stereocenters. The molecule has 8 nitrogen and oxygen atoms in total. The molecule has 0 aromatic carbocycles. The van der Waals surface area contributed by atoms with Crippen LogP contribution < -0.4 is 5.32 Å². The minimum absolute atomic E-state index is 0.0768. The van der Waals surface area contributed by atoms with Crippen LogP contribution in [0.3, 0.4) is 0 Å². The first-order chi connectivity index (χ1) is 32.5. The quantitative estimate of drug-likeness (QED) is 0.0243. The summed E-state index contributed by atoms with van der Waals surface area (Å²) in [6, 6.07) is -0.759. The molecule has 0 rings (SSSR count). The predicted octanol–water partition coefficient (Wildman–Crippen LogP) is 17.8. The van der Waals surface area contributed by atoms with E-state index in [2.05, 4.69) is 31.3 Å². The molecule has 3 unspecified atom stereocenters. The highest BCUT2D eigenvalue weighted by Crippen LogP contribution is 2.43. The molecule has 0 aliphatic carbocycles. The Bertz CT molecular complexity index is 1100. The van der Waals surface area contributed by atoms with Crippen LogP contribution in [0.2, 0.25) is 0 Å². The number of rotatable bonds is 55. The fourth-order valence-electron chi connectivity index (χ4n) is 9.10. The maximum Gasteiger partial charge on any atom is 0.472 e. The van der Waals surface area contributed by atoms with Crippen LogP contribution in [0.25, 0.3) is 0 Å². The molecular formula is C58H118N2O6P+. The van der Waals surface area contributed by atoms with Gasteiger partial charge in [-0.2, -0.15) is 0 Å². The Morgan fingerprint density at radius 3 is 1.15 bits per heavy atom. The number of nitrogens with one attached hydrogen (secondary N) is 1. The van der Waals surface area contributed by atoms with E-state index in [0.717, 1.165) is 38.5 Å². The second kappa shape index (κ2) is 50.2. The van der Waals surface area contributed by atoms with E-state index >= 15 is 0 Å². The van der Waals surface area contributed by atoms with E-state index in [1.807, 2.05) is 21.1 Å². The number of hydrogen-bond acceptors (Lipinski definition) is 5. The predicted molar refractivity (Wildman–Crippen MR) is 291 cm³/mol. The van der Waals surface area contributed by atoms with Gasteiger partial charge in [0.15, 0.2) is 0 Å². The number of phosphoric ester groups is 1. The van der Waals surface area contributed by atoms with Gasteiger partial charge in [0.2, 0.25) is 5.91 Å². The number of likely N-dealkylation sites (N-methyl/N-ethyl adjacent to an activating group) is 1. The highest BCUT2D eigenvalue weighted by molar-refractivity contribution is 7.47.